The van der Waals surface area contributed by atoms with E-state index in [4.69, 9.17) is 0 Å². The van der Waals surface area contributed by atoms with Crippen LogP contribution in [0.5, 0.6) is 0 Å². The van der Waals surface area contributed by atoms with Gasteiger partial charge in [-0.05, 0) is 60.5 Å². The van der Waals surface area contributed by atoms with E-state index in [0.717, 1.165) is 12.3 Å². The molecule has 1 saturated carbocycles. The first-order valence-electron chi connectivity index (χ1n) is 7.71. The Labute approximate surface area is 118 Å². The largest absolute Gasteiger partial charge is 0.396 e. The van der Waals surface area contributed by atoms with Crippen molar-refractivity contribution in [1.29, 1.82) is 0 Å². The number of benzene rings is 1. The molecule has 1 N–H and O–H groups in total. The summed E-state index contributed by atoms with van der Waals surface area (Å²) < 4.78 is 0. The molecule has 1 aliphatic carbocycles. The zero-order valence-corrected chi connectivity index (χ0v) is 12.7. The van der Waals surface area contributed by atoms with Crippen LogP contribution in [0.25, 0.3) is 0 Å². The van der Waals surface area contributed by atoms with Crippen molar-refractivity contribution in [3.8, 4) is 0 Å². The Balaban J connectivity index is 2.05. The first kappa shape index (κ1) is 14.6. The van der Waals surface area contributed by atoms with Gasteiger partial charge >= 0.3 is 0 Å². The SMILES string of the molecule is CC(C)(C)C1CCC(c2ccccc2CCO)CC1. The maximum atomic E-state index is 9.19. The van der Waals surface area contributed by atoms with Crippen LogP contribution in [-0.4, -0.2) is 11.7 Å². The summed E-state index contributed by atoms with van der Waals surface area (Å²) in [7, 11) is 0. The van der Waals surface area contributed by atoms with Crippen LogP contribution in [0.3, 0.4) is 0 Å². The second kappa shape index (κ2) is 6.09. The van der Waals surface area contributed by atoms with E-state index in [2.05, 4.69) is 45.0 Å². The number of hydrogen-bond acceptors (Lipinski definition) is 1. The molecule has 1 fully saturated rings. The third-order valence-electron chi connectivity index (χ3n) is 4.83. The molecule has 106 valence electrons. The van der Waals surface area contributed by atoms with Crippen LogP contribution < -0.4 is 0 Å². The lowest BCUT2D eigenvalue weighted by atomic mass is 9.68. The molecular formula is C18H28O. The highest BCUT2D eigenvalue weighted by molar-refractivity contribution is 5.31. The van der Waals surface area contributed by atoms with Gasteiger partial charge in [0.1, 0.15) is 0 Å². The van der Waals surface area contributed by atoms with Gasteiger partial charge in [-0.3, -0.25) is 0 Å². The topological polar surface area (TPSA) is 20.2 Å². The molecule has 1 heteroatoms. The summed E-state index contributed by atoms with van der Waals surface area (Å²) in [4.78, 5) is 0. The monoisotopic (exact) mass is 260 g/mol. The third kappa shape index (κ3) is 3.60. The van der Waals surface area contributed by atoms with Crippen molar-refractivity contribution in [2.45, 2.75) is 58.8 Å². The summed E-state index contributed by atoms with van der Waals surface area (Å²) in [5.74, 6) is 1.58. The lowest BCUT2D eigenvalue weighted by Crippen LogP contribution is -2.25. The van der Waals surface area contributed by atoms with Crippen molar-refractivity contribution in [3.05, 3.63) is 35.4 Å². The van der Waals surface area contributed by atoms with E-state index in [1.807, 2.05) is 0 Å². The standard InChI is InChI=1S/C18H28O/c1-18(2,3)16-10-8-15(9-11-16)17-7-5-4-6-14(17)12-13-19/h4-7,15-16,19H,8-13H2,1-3H3. The molecule has 1 nitrogen and oxygen atoms in total. The van der Waals surface area contributed by atoms with Gasteiger partial charge in [-0.1, -0.05) is 45.0 Å². The number of hydrogen-bond donors (Lipinski definition) is 1. The Kier molecular flexibility index (Phi) is 4.67. The number of aliphatic hydroxyl groups excluding tert-OH is 1. The quantitative estimate of drug-likeness (QED) is 0.846. The molecule has 0 saturated heterocycles. The minimum Gasteiger partial charge on any atom is -0.396 e. The van der Waals surface area contributed by atoms with Crippen LogP contribution in [0.1, 0.15) is 63.5 Å². The maximum Gasteiger partial charge on any atom is 0.0471 e. The highest BCUT2D eigenvalue weighted by atomic mass is 16.2. The molecule has 0 radical (unpaired) electrons. The minimum atomic E-state index is 0.258. The van der Waals surface area contributed by atoms with Gasteiger partial charge in [-0.15, -0.1) is 0 Å². The van der Waals surface area contributed by atoms with Gasteiger partial charge in [0.25, 0.3) is 0 Å². The first-order chi connectivity index (χ1) is 9.02. The van der Waals surface area contributed by atoms with Crippen molar-refractivity contribution in [1.82, 2.24) is 0 Å². The minimum absolute atomic E-state index is 0.258. The molecule has 0 spiro atoms. The Morgan fingerprint density at radius 1 is 1.05 bits per heavy atom. The van der Waals surface area contributed by atoms with Crippen LogP contribution in [0.15, 0.2) is 24.3 Å². The fraction of sp³-hybridized carbons (Fsp3) is 0.667. The molecule has 0 aromatic heterocycles. The van der Waals surface area contributed by atoms with Gasteiger partial charge in [0.15, 0.2) is 0 Å². The highest BCUT2D eigenvalue weighted by Crippen LogP contribution is 2.43. The summed E-state index contributed by atoms with van der Waals surface area (Å²) >= 11 is 0. The lowest BCUT2D eigenvalue weighted by molar-refractivity contribution is 0.169. The zero-order chi connectivity index (χ0) is 13.9. The van der Waals surface area contributed by atoms with Crippen molar-refractivity contribution in [3.63, 3.8) is 0 Å². The average Bonchev–Trinajstić information content (AvgIpc) is 2.39. The van der Waals surface area contributed by atoms with E-state index in [1.54, 1.807) is 0 Å². The van der Waals surface area contributed by atoms with Crippen LogP contribution in [0, 0.1) is 11.3 Å². The molecule has 0 heterocycles. The van der Waals surface area contributed by atoms with E-state index >= 15 is 0 Å². The molecule has 0 atom stereocenters. The molecule has 1 aromatic rings. The van der Waals surface area contributed by atoms with Gasteiger partial charge in [0.2, 0.25) is 0 Å². The lowest BCUT2D eigenvalue weighted by Gasteiger charge is -2.37. The van der Waals surface area contributed by atoms with E-state index in [0.29, 0.717) is 11.3 Å². The van der Waals surface area contributed by atoms with Crippen LogP contribution >= 0.6 is 0 Å². The Hall–Kier alpha value is -0.820. The summed E-state index contributed by atoms with van der Waals surface area (Å²) in [5, 5.41) is 9.19. The van der Waals surface area contributed by atoms with Crippen LogP contribution in [-0.2, 0) is 6.42 Å². The molecule has 19 heavy (non-hydrogen) atoms. The zero-order valence-electron chi connectivity index (χ0n) is 12.7. The molecule has 0 amide bonds. The smallest absolute Gasteiger partial charge is 0.0471 e. The predicted molar refractivity (Wildman–Crippen MR) is 81.4 cm³/mol. The molecular weight excluding hydrogens is 232 g/mol. The van der Waals surface area contributed by atoms with Crippen molar-refractivity contribution >= 4 is 0 Å². The van der Waals surface area contributed by atoms with Gasteiger partial charge in [-0.25, -0.2) is 0 Å². The first-order valence-corrected chi connectivity index (χ1v) is 7.71. The van der Waals surface area contributed by atoms with Gasteiger partial charge in [-0.2, -0.15) is 0 Å². The fourth-order valence-electron chi connectivity index (χ4n) is 3.55. The van der Waals surface area contributed by atoms with Gasteiger partial charge in [0.05, 0.1) is 0 Å². The van der Waals surface area contributed by atoms with Crippen molar-refractivity contribution in [2.75, 3.05) is 6.61 Å². The normalized spacial score (nSPS) is 24.4. The van der Waals surface area contributed by atoms with Gasteiger partial charge < -0.3 is 5.11 Å². The predicted octanol–water partition coefficient (Wildman–Crippen LogP) is 4.54. The van der Waals surface area contributed by atoms with Crippen molar-refractivity contribution < 1.29 is 5.11 Å². The Morgan fingerprint density at radius 2 is 1.68 bits per heavy atom. The Morgan fingerprint density at radius 3 is 2.26 bits per heavy atom. The summed E-state index contributed by atoms with van der Waals surface area (Å²) in [6.07, 6.45) is 6.12. The summed E-state index contributed by atoms with van der Waals surface area (Å²) in [6, 6.07) is 8.69. The molecule has 2 rings (SSSR count). The third-order valence-corrected chi connectivity index (χ3v) is 4.83. The average molecular weight is 260 g/mol. The Bertz CT molecular complexity index is 394. The molecule has 0 bridgehead atoms. The van der Waals surface area contributed by atoms with E-state index < -0.39 is 0 Å². The summed E-state index contributed by atoms with van der Waals surface area (Å²) in [6.45, 7) is 7.38. The highest BCUT2D eigenvalue weighted by Gasteiger charge is 2.30. The second-order valence-electron chi connectivity index (χ2n) is 7.09. The molecule has 0 unspecified atom stereocenters. The summed E-state index contributed by atoms with van der Waals surface area (Å²) in [5.41, 5.74) is 3.29. The number of aliphatic hydroxyl groups is 1. The maximum absolute atomic E-state index is 9.19. The van der Waals surface area contributed by atoms with Crippen LogP contribution in [0.4, 0.5) is 0 Å². The van der Waals surface area contributed by atoms with E-state index in [9.17, 15) is 5.11 Å². The number of rotatable bonds is 3. The second-order valence-corrected chi connectivity index (χ2v) is 7.09. The fourth-order valence-corrected chi connectivity index (χ4v) is 3.55. The van der Waals surface area contributed by atoms with Crippen LogP contribution in [0.2, 0.25) is 0 Å². The molecule has 1 aliphatic rings. The van der Waals surface area contributed by atoms with E-state index in [1.165, 1.54) is 36.8 Å². The van der Waals surface area contributed by atoms with Gasteiger partial charge in [0, 0.05) is 6.61 Å². The van der Waals surface area contributed by atoms with E-state index in [-0.39, 0.29) is 6.61 Å². The van der Waals surface area contributed by atoms with Crippen molar-refractivity contribution in [2.24, 2.45) is 11.3 Å². The molecule has 1 aromatic carbocycles. The molecule has 0 aliphatic heterocycles.